The molecule has 0 aromatic heterocycles. The van der Waals surface area contributed by atoms with E-state index in [-0.39, 0.29) is 0 Å². The molecule has 2 N–H and O–H groups in total. The minimum absolute atomic E-state index is 0.512. The van der Waals surface area contributed by atoms with Gasteiger partial charge in [-0.05, 0) is 18.8 Å². The molecule has 0 aliphatic heterocycles. The van der Waals surface area contributed by atoms with Gasteiger partial charge in [0.2, 0.25) is 0 Å². The van der Waals surface area contributed by atoms with Gasteiger partial charge in [0, 0.05) is 25.7 Å². The maximum atomic E-state index is 10.4. The van der Waals surface area contributed by atoms with E-state index >= 15 is 0 Å². The largest absolute Gasteiger partial charge is 0.465 e. The third-order valence-electron chi connectivity index (χ3n) is 2.73. The van der Waals surface area contributed by atoms with E-state index in [0.717, 1.165) is 25.9 Å². The van der Waals surface area contributed by atoms with Crippen LogP contribution in [0.15, 0.2) is 0 Å². The van der Waals surface area contributed by atoms with Crippen LogP contribution in [0.25, 0.3) is 0 Å². The normalized spacial score (nSPS) is 11.4. The molecule has 4 nitrogen and oxygen atoms in total. The van der Waals surface area contributed by atoms with Gasteiger partial charge in [0.15, 0.2) is 0 Å². The Labute approximate surface area is 99.0 Å². The standard InChI is InChI=1S/C12H26N2O2/c1-5-11(6-2)14(9-10(3)4)8-7-13-12(15)16/h10-11,13H,5-9H2,1-4H3,(H,15,16). The second-order valence-corrected chi connectivity index (χ2v) is 4.59. The molecule has 0 saturated carbocycles. The maximum absolute atomic E-state index is 10.4. The monoisotopic (exact) mass is 230 g/mol. The summed E-state index contributed by atoms with van der Waals surface area (Å²) in [6.07, 6.45) is 1.31. The summed E-state index contributed by atoms with van der Waals surface area (Å²) in [6.45, 7) is 11.1. The fourth-order valence-electron chi connectivity index (χ4n) is 2.00. The highest BCUT2D eigenvalue weighted by molar-refractivity contribution is 5.64. The molecular weight excluding hydrogens is 204 g/mol. The van der Waals surface area contributed by atoms with Crippen molar-refractivity contribution >= 4 is 6.09 Å². The molecule has 0 fully saturated rings. The van der Waals surface area contributed by atoms with Gasteiger partial charge in [-0.2, -0.15) is 0 Å². The summed E-state index contributed by atoms with van der Waals surface area (Å²) in [6, 6.07) is 0.568. The topological polar surface area (TPSA) is 52.6 Å². The second-order valence-electron chi connectivity index (χ2n) is 4.59. The first-order chi connectivity index (χ1) is 7.51. The third-order valence-corrected chi connectivity index (χ3v) is 2.73. The van der Waals surface area contributed by atoms with Crippen molar-refractivity contribution in [2.75, 3.05) is 19.6 Å². The summed E-state index contributed by atoms with van der Waals surface area (Å²) in [5.74, 6) is 0.616. The molecule has 0 unspecified atom stereocenters. The lowest BCUT2D eigenvalue weighted by molar-refractivity contribution is 0.161. The molecule has 0 aromatic rings. The zero-order chi connectivity index (χ0) is 12.6. The fraction of sp³-hybridized carbons (Fsp3) is 0.917. The first-order valence-electron chi connectivity index (χ1n) is 6.22. The van der Waals surface area contributed by atoms with E-state index in [1.165, 1.54) is 0 Å². The Morgan fingerprint density at radius 3 is 2.25 bits per heavy atom. The zero-order valence-electron chi connectivity index (χ0n) is 11.0. The van der Waals surface area contributed by atoms with E-state index in [1.807, 2.05) is 0 Å². The molecule has 1 amide bonds. The van der Waals surface area contributed by atoms with Gasteiger partial charge in [-0.15, -0.1) is 0 Å². The number of carbonyl (C=O) groups is 1. The van der Waals surface area contributed by atoms with Crippen molar-refractivity contribution in [3.63, 3.8) is 0 Å². The molecule has 0 aliphatic carbocycles. The predicted molar refractivity (Wildman–Crippen MR) is 66.8 cm³/mol. The van der Waals surface area contributed by atoms with E-state index < -0.39 is 6.09 Å². The van der Waals surface area contributed by atoms with Crippen molar-refractivity contribution in [2.24, 2.45) is 5.92 Å². The highest BCUT2D eigenvalue weighted by Gasteiger charge is 2.15. The van der Waals surface area contributed by atoms with E-state index in [2.05, 4.69) is 37.9 Å². The molecule has 0 aliphatic rings. The Bertz CT molecular complexity index is 191. The van der Waals surface area contributed by atoms with Crippen LogP contribution in [-0.4, -0.2) is 41.8 Å². The van der Waals surface area contributed by atoms with Crippen LogP contribution in [0.3, 0.4) is 0 Å². The predicted octanol–water partition coefficient (Wildman–Crippen LogP) is 2.40. The molecule has 0 aromatic carbocycles. The second kappa shape index (κ2) is 8.39. The van der Waals surface area contributed by atoms with Crippen LogP contribution >= 0.6 is 0 Å². The minimum atomic E-state index is -0.936. The molecule has 4 heteroatoms. The lowest BCUT2D eigenvalue weighted by Crippen LogP contribution is -2.42. The summed E-state index contributed by atoms with van der Waals surface area (Å²) in [5.41, 5.74) is 0. The smallest absolute Gasteiger partial charge is 0.404 e. The first kappa shape index (κ1) is 15.2. The van der Waals surface area contributed by atoms with Gasteiger partial charge >= 0.3 is 6.09 Å². The molecule has 0 atom stereocenters. The molecule has 0 spiro atoms. The molecule has 16 heavy (non-hydrogen) atoms. The van der Waals surface area contributed by atoms with E-state index in [4.69, 9.17) is 5.11 Å². The van der Waals surface area contributed by atoms with Crippen LogP contribution in [0.1, 0.15) is 40.5 Å². The summed E-state index contributed by atoms with van der Waals surface area (Å²) >= 11 is 0. The number of rotatable bonds is 8. The molecule has 0 rings (SSSR count). The molecule has 0 radical (unpaired) electrons. The van der Waals surface area contributed by atoms with Crippen LogP contribution < -0.4 is 5.32 Å². The van der Waals surface area contributed by atoms with Crippen LogP contribution in [0.4, 0.5) is 4.79 Å². The maximum Gasteiger partial charge on any atom is 0.404 e. The average Bonchev–Trinajstić information content (AvgIpc) is 2.17. The Hall–Kier alpha value is -0.770. The van der Waals surface area contributed by atoms with Gasteiger partial charge in [-0.1, -0.05) is 27.7 Å². The van der Waals surface area contributed by atoms with Crippen molar-refractivity contribution in [2.45, 2.75) is 46.6 Å². The Morgan fingerprint density at radius 2 is 1.88 bits per heavy atom. The number of nitrogens with one attached hydrogen (secondary N) is 1. The summed E-state index contributed by atoms with van der Waals surface area (Å²) < 4.78 is 0. The van der Waals surface area contributed by atoms with Crippen molar-refractivity contribution in [3.8, 4) is 0 Å². The Balaban J connectivity index is 4.13. The van der Waals surface area contributed by atoms with E-state index in [0.29, 0.717) is 18.5 Å². The summed E-state index contributed by atoms with van der Waals surface area (Å²) in [5, 5.41) is 11.0. The highest BCUT2D eigenvalue weighted by atomic mass is 16.4. The number of amides is 1. The van der Waals surface area contributed by atoms with Gasteiger partial charge < -0.3 is 10.4 Å². The van der Waals surface area contributed by atoms with Gasteiger partial charge in [-0.3, -0.25) is 4.90 Å². The van der Waals surface area contributed by atoms with Gasteiger partial charge in [0.1, 0.15) is 0 Å². The number of carboxylic acid groups (broad SMARTS) is 1. The molecule has 0 heterocycles. The summed E-state index contributed by atoms with van der Waals surface area (Å²) in [4.78, 5) is 12.8. The van der Waals surface area contributed by atoms with Crippen LogP contribution in [0.2, 0.25) is 0 Å². The molecule has 0 bridgehead atoms. The van der Waals surface area contributed by atoms with Gasteiger partial charge in [-0.25, -0.2) is 4.79 Å². The van der Waals surface area contributed by atoms with Gasteiger partial charge in [0.25, 0.3) is 0 Å². The number of nitrogens with zero attached hydrogens (tertiary/aromatic N) is 1. The third kappa shape index (κ3) is 6.67. The summed E-state index contributed by atoms with van der Waals surface area (Å²) in [7, 11) is 0. The molecular formula is C12H26N2O2. The zero-order valence-corrected chi connectivity index (χ0v) is 11.0. The number of hydrogen-bond donors (Lipinski definition) is 2. The Morgan fingerprint density at radius 1 is 1.31 bits per heavy atom. The van der Waals surface area contributed by atoms with Gasteiger partial charge in [0.05, 0.1) is 0 Å². The SMILES string of the molecule is CCC(CC)N(CCNC(=O)O)CC(C)C. The van der Waals surface area contributed by atoms with Crippen molar-refractivity contribution < 1.29 is 9.90 Å². The highest BCUT2D eigenvalue weighted by Crippen LogP contribution is 2.10. The average molecular weight is 230 g/mol. The quantitative estimate of drug-likeness (QED) is 0.673. The van der Waals surface area contributed by atoms with Crippen LogP contribution in [0.5, 0.6) is 0 Å². The van der Waals surface area contributed by atoms with Crippen molar-refractivity contribution in [3.05, 3.63) is 0 Å². The van der Waals surface area contributed by atoms with E-state index in [1.54, 1.807) is 0 Å². The Kier molecular flexibility index (Phi) is 7.99. The van der Waals surface area contributed by atoms with E-state index in [9.17, 15) is 4.79 Å². The minimum Gasteiger partial charge on any atom is -0.465 e. The lowest BCUT2D eigenvalue weighted by Gasteiger charge is -2.31. The molecule has 96 valence electrons. The van der Waals surface area contributed by atoms with Crippen molar-refractivity contribution in [1.29, 1.82) is 0 Å². The van der Waals surface area contributed by atoms with Crippen LogP contribution in [-0.2, 0) is 0 Å². The molecule has 0 saturated heterocycles. The first-order valence-corrected chi connectivity index (χ1v) is 6.22. The lowest BCUT2D eigenvalue weighted by atomic mass is 10.1. The number of hydrogen-bond acceptors (Lipinski definition) is 2. The van der Waals surface area contributed by atoms with Crippen molar-refractivity contribution in [1.82, 2.24) is 10.2 Å². The van der Waals surface area contributed by atoms with Crippen LogP contribution in [0, 0.1) is 5.92 Å². The fourth-order valence-corrected chi connectivity index (χ4v) is 2.00.